The van der Waals surface area contributed by atoms with Crippen molar-refractivity contribution in [2.24, 2.45) is 11.8 Å². The van der Waals surface area contributed by atoms with E-state index in [0.29, 0.717) is 36.1 Å². The van der Waals surface area contributed by atoms with Crippen LogP contribution < -0.4 is 10.9 Å². The highest BCUT2D eigenvalue weighted by atomic mass is 16.4. The molecular formula is C23H25NO6. The van der Waals surface area contributed by atoms with Gasteiger partial charge in [0.25, 0.3) is 0 Å². The number of hydrogen-bond acceptors (Lipinski definition) is 5. The van der Waals surface area contributed by atoms with E-state index >= 15 is 0 Å². The standard InChI is InChI=1S/C23H25NO6/c1-12-11-29-19-9-20-17(7-16(12)19)13(2)18(23(28)30-20)8-21(25)24-10-14-3-5-15(6-4-14)22(26)27/h7,9,11,14-15H,3-6,8,10H2,1-2H3,(H,24,25)(H,26,27). The Labute approximate surface area is 173 Å². The molecule has 1 fully saturated rings. The van der Waals surface area contributed by atoms with E-state index in [9.17, 15) is 14.4 Å². The summed E-state index contributed by atoms with van der Waals surface area (Å²) in [4.78, 5) is 36.0. The summed E-state index contributed by atoms with van der Waals surface area (Å²) in [5.74, 6) is -0.965. The average Bonchev–Trinajstić information content (AvgIpc) is 3.08. The first-order valence-corrected chi connectivity index (χ1v) is 10.3. The van der Waals surface area contributed by atoms with E-state index in [1.54, 1.807) is 12.3 Å². The van der Waals surface area contributed by atoms with Crippen LogP contribution in [0.3, 0.4) is 0 Å². The van der Waals surface area contributed by atoms with Gasteiger partial charge in [0.1, 0.15) is 11.2 Å². The summed E-state index contributed by atoms with van der Waals surface area (Å²) in [5, 5.41) is 13.7. The van der Waals surface area contributed by atoms with E-state index in [-0.39, 0.29) is 24.2 Å². The van der Waals surface area contributed by atoms with Crippen molar-refractivity contribution in [3.05, 3.63) is 45.5 Å². The van der Waals surface area contributed by atoms with Crippen LogP contribution in [0.2, 0.25) is 0 Å². The topological polar surface area (TPSA) is 110 Å². The Kier molecular flexibility index (Phi) is 5.37. The number of hydrogen-bond donors (Lipinski definition) is 2. The zero-order chi connectivity index (χ0) is 21.4. The van der Waals surface area contributed by atoms with E-state index in [2.05, 4.69) is 5.32 Å². The first-order chi connectivity index (χ1) is 14.3. The molecule has 0 bridgehead atoms. The Hall–Kier alpha value is -3.09. The molecule has 2 N–H and O–H groups in total. The number of carbonyl (C=O) groups is 2. The lowest BCUT2D eigenvalue weighted by atomic mass is 9.82. The second-order valence-corrected chi connectivity index (χ2v) is 8.29. The quantitative estimate of drug-likeness (QED) is 0.620. The summed E-state index contributed by atoms with van der Waals surface area (Å²) in [6, 6.07) is 3.65. The molecule has 2 heterocycles. The molecule has 30 heavy (non-hydrogen) atoms. The number of carbonyl (C=O) groups excluding carboxylic acids is 1. The summed E-state index contributed by atoms with van der Waals surface area (Å²) in [7, 11) is 0. The predicted octanol–water partition coefficient (Wildman–Crippen LogP) is 3.71. The second kappa shape index (κ2) is 7.97. The highest BCUT2D eigenvalue weighted by molar-refractivity contribution is 5.96. The van der Waals surface area contributed by atoms with Crippen molar-refractivity contribution in [2.75, 3.05) is 6.54 Å². The molecule has 0 saturated heterocycles. The van der Waals surface area contributed by atoms with Crippen LogP contribution in [0.15, 0.2) is 32.0 Å². The molecule has 1 amide bonds. The van der Waals surface area contributed by atoms with Crippen LogP contribution in [0, 0.1) is 25.7 Å². The number of aliphatic carboxylic acids is 1. The summed E-state index contributed by atoms with van der Waals surface area (Å²) < 4.78 is 11.0. The van der Waals surface area contributed by atoms with Crippen LogP contribution in [0.5, 0.6) is 0 Å². The summed E-state index contributed by atoms with van der Waals surface area (Å²) >= 11 is 0. The second-order valence-electron chi connectivity index (χ2n) is 8.29. The summed E-state index contributed by atoms with van der Waals surface area (Å²) in [6.07, 6.45) is 4.48. The van der Waals surface area contributed by atoms with Crippen molar-refractivity contribution < 1.29 is 23.5 Å². The van der Waals surface area contributed by atoms with Crippen LogP contribution >= 0.6 is 0 Å². The lowest BCUT2D eigenvalue weighted by Crippen LogP contribution is -2.34. The van der Waals surface area contributed by atoms with Crippen molar-refractivity contribution in [1.29, 1.82) is 0 Å². The Balaban J connectivity index is 1.47. The Morgan fingerprint density at radius 3 is 2.53 bits per heavy atom. The van der Waals surface area contributed by atoms with Gasteiger partial charge in [0.15, 0.2) is 0 Å². The smallest absolute Gasteiger partial charge is 0.340 e. The maximum Gasteiger partial charge on any atom is 0.340 e. The molecule has 3 aromatic rings. The number of rotatable bonds is 5. The molecule has 1 saturated carbocycles. The molecule has 0 unspecified atom stereocenters. The van der Waals surface area contributed by atoms with E-state index in [1.165, 1.54) is 0 Å². The van der Waals surface area contributed by atoms with Crippen molar-refractivity contribution in [3.8, 4) is 0 Å². The lowest BCUT2D eigenvalue weighted by Gasteiger charge is -2.26. The van der Waals surface area contributed by atoms with E-state index < -0.39 is 11.6 Å². The minimum Gasteiger partial charge on any atom is -0.481 e. The van der Waals surface area contributed by atoms with Gasteiger partial charge in [-0.15, -0.1) is 0 Å². The molecule has 1 aliphatic rings. The van der Waals surface area contributed by atoms with Gasteiger partial charge in [-0.25, -0.2) is 4.79 Å². The number of benzene rings is 1. The van der Waals surface area contributed by atoms with Crippen LogP contribution in [0.25, 0.3) is 21.9 Å². The highest BCUT2D eigenvalue weighted by Crippen LogP contribution is 2.30. The molecule has 7 heteroatoms. The van der Waals surface area contributed by atoms with E-state index in [1.807, 2.05) is 19.9 Å². The fourth-order valence-corrected chi connectivity index (χ4v) is 4.34. The Morgan fingerprint density at radius 2 is 1.83 bits per heavy atom. The molecule has 0 aliphatic heterocycles. The fourth-order valence-electron chi connectivity index (χ4n) is 4.34. The molecule has 0 atom stereocenters. The zero-order valence-corrected chi connectivity index (χ0v) is 17.1. The summed E-state index contributed by atoms with van der Waals surface area (Å²) in [5.41, 5.74) is 2.68. The molecule has 0 radical (unpaired) electrons. The number of furan rings is 1. The minimum absolute atomic E-state index is 0.0447. The van der Waals surface area contributed by atoms with Gasteiger partial charge in [-0.1, -0.05) is 0 Å². The number of aryl methyl sites for hydroxylation is 2. The molecule has 1 aromatic carbocycles. The number of nitrogens with one attached hydrogen (secondary N) is 1. The zero-order valence-electron chi connectivity index (χ0n) is 17.1. The monoisotopic (exact) mass is 411 g/mol. The maximum atomic E-state index is 12.5. The normalized spacial score (nSPS) is 19.3. The fraction of sp³-hybridized carbons (Fsp3) is 0.435. The number of carboxylic acids is 1. The van der Waals surface area contributed by atoms with E-state index in [0.717, 1.165) is 34.7 Å². The number of amides is 1. The Bertz CT molecular complexity index is 1180. The molecular weight excluding hydrogens is 386 g/mol. The third-order valence-corrected chi connectivity index (χ3v) is 6.30. The van der Waals surface area contributed by atoms with Gasteiger partial charge < -0.3 is 19.3 Å². The van der Waals surface area contributed by atoms with Gasteiger partial charge in [-0.2, -0.15) is 0 Å². The summed E-state index contributed by atoms with van der Waals surface area (Å²) in [6.45, 7) is 4.28. The third kappa shape index (κ3) is 3.84. The highest BCUT2D eigenvalue weighted by Gasteiger charge is 2.26. The molecule has 0 spiro atoms. The van der Waals surface area contributed by atoms with Crippen LogP contribution in [0.4, 0.5) is 0 Å². The minimum atomic E-state index is -0.737. The number of carboxylic acid groups (broad SMARTS) is 1. The van der Waals surface area contributed by atoms with Crippen LogP contribution in [-0.4, -0.2) is 23.5 Å². The van der Waals surface area contributed by atoms with Crippen LogP contribution in [0.1, 0.15) is 42.4 Å². The van der Waals surface area contributed by atoms with E-state index in [4.69, 9.17) is 13.9 Å². The van der Waals surface area contributed by atoms with Gasteiger partial charge in [-0.05, 0) is 62.6 Å². The predicted molar refractivity (Wildman–Crippen MR) is 112 cm³/mol. The molecule has 158 valence electrons. The largest absolute Gasteiger partial charge is 0.481 e. The molecule has 7 nitrogen and oxygen atoms in total. The SMILES string of the molecule is Cc1coc2cc3oc(=O)c(CC(=O)NCC4CCC(C(=O)O)CC4)c(C)c3cc12. The van der Waals surface area contributed by atoms with Gasteiger partial charge in [0.05, 0.1) is 24.2 Å². The van der Waals surface area contributed by atoms with Crippen LogP contribution in [-0.2, 0) is 16.0 Å². The average molecular weight is 411 g/mol. The molecule has 4 rings (SSSR count). The third-order valence-electron chi connectivity index (χ3n) is 6.30. The number of fused-ring (bicyclic) bond motifs is 2. The van der Waals surface area contributed by atoms with Crippen molar-refractivity contribution in [3.63, 3.8) is 0 Å². The van der Waals surface area contributed by atoms with Crippen molar-refractivity contribution >= 4 is 33.8 Å². The maximum absolute atomic E-state index is 12.5. The van der Waals surface area contributed by atoms with Gasteiger partial charge in [0.2, 0.25) is 5.91 Å². The first kappa shape index (κ1) is 20.2. The first-order valence-electron chi connectivity index (χ1n) is 10.3. The van der Waals surface area contributed by atoms with Gasteiger partial charge in [0, 0.05) is 23.4 Å². The Morgan fingerprint density at radius 1 is 1.10 bits per heavy atom. The van der Waals surface area contributed by atoms with Gasteiger partial charge >= 0.3 is 11.6 Å². The van der Waals surface area contributed by atoms with Crippen molar-refractivity contribution in [1.82, 2.24) is 5.32 Å². The van der Waals surface area contributed by atoms with Crippen molar-refractivity contribution in [2.45, 2.75) is 46.0 Å². The van der Waals surface area contributed by atoms with Gasteiger partial charge in [-0.3, -0.25) is 9.59 Å². The molecule has 1 aliphatic carbocycles. The lowest BCUT2D eigenvalue weighted by molar-refractivity contribution is -0.143. The molecule has 2 aromatic heterocycles.